The molecule has 0 amide bonds. The van der Waals surface area contributed by atoms with Gasteiger partial charge in [-0.3, -0.25) is 0 Å². The zero-order chi connectivity index (χ0) is 16.1. The van der Waals surface area contributed by atoms with Gasteiger partial charge in [0.15, 0.2) is 0 Å². The van der Waals surface area contributed by atoms with Gasteiger partial charge in [-0.25, -0.2) is 4.39 Å². The Morgan fingerprint density at radius 1 is 1.14 bits per heavy atom. The van der Waals surface area contributed by atoms with Crippen LogP contribution in [0.5, 0.6) is 0 Å². The van der Waals surface area contributed by atoms with Gasteiger partial charge in [0.2, 0.25) is 0 Å². The van der Waals surface area contributed by atoms with Crippen LogP contribution < -0.4 is 5.73 Å². The minimum absolute atomic E-state index is 0.0896. The molecule has 0 aliphatic carbocycles. The van der Waals surface area contributed by atoms with Crippen LogP contribution in [0.4, 0.5) is 4.39 Å². The van der Waals surface area contributed by atoms with Crippen molar-refractivity contribution in [1.29, 1.82) is 0 Å². The third kappa shape index (κ3) is 3.86. The molecule has 118 valence electrons. The Balaban J connectivity index is 2.06. The first-order valence-corrected chi connectivity index (χ1v) is 7.69. The van der Waals surface area contributed by atoms with E-state index in [0.717, 1.165) is 0 Å². The highest BCUT2D eigenvalue weighted by Gasteiger charge is 2.16. The molecular formula is C18H21ClFNO. The van der Waals surface area contributed by atoms with Crippen molar-refractivity contribution in [2.24, 2.45) is 5.73 Å². The second kappa shape index (κ2) is 7.73. The largest absolute Gasteiger partial charge is 0.376 e. The van der Waals surface area contributed by atoms with Crippen molar-refractivity contribution in [2.45, 2.75) is 26.4 Å². The van der Waals surface area contributed by atoms with Crippen LogP contribution in [0.2, 0.25) is 5.02 Å². The first kappa shape index (κ1) is 16.9. The monoisotopic (exact) mass is 321 g/mol. The Labute approximate surface area is 136 Å². The zero-order valence-electron chi connectivity index (χ0n) is 12.9. The summed E-state index contributed by atoms with van der Waals surface area (Å²) in [7, 11) is 0. The Kier molecular flexibility index (Phi) is 5.95. The quantitative estimate of drug-likeness (QED) is 0.858. The molecular weight excluding hydrogens is 301 g/mol. The van der Waals surface area contributed by atoms with Crippen LogP contribution in [0.1, 0.15) is 28.2 Å². The number of halogens is 2. The number of hydrogen-bond acceptors (Lipinski definition) is 2. The third-order valence-electron chi connectivity index (χ3n) is 3.86. The molecule has 4 heteroatoms. The summed E-state index contributed by atoms with van der Waals surface area (Å²) in [5.74, 6) is -0.254. The first-order valence-electron chi connectivity index (χ1n) is 7.31. The maximum absolute atomic E-state index is 13.7. The van der Waals surface area contributed by atoms with Crippen molar-refractivity contribution in [3.63, 3.8) is 0 Å². The van der Waals surface area contributed by atoms with Gasteiger partial charge in [0.1, 0.15) is 5.82 Å². The summed E-state index contributed by atoms with van der Waals surface area (Å²) in [4.78, 5) is 0. The topological polar surface area (TPSA) is 35.2 Å². The lowest BCUT2D eigenvalue weighted by Crippen LogP contribution is -2.20. The zero-order valence-corrected chi connectivity index (χ0v) is 13.7. The van der Waals surface area contributed by atoms with Crippen molar-refractivity contribution < 1.29 is 9.13 Å². The third-order valence-corrected chi connectivity index (χ3v) is 4.22. The normalized spacial score (nSPS) is 12.4. The van der Waals surface area contributed by atoms with Crippen LogP contribution in [0.25, 0.3) is 0 Å². The predicted molar refractivity (Wildman–Crippen MR) is 88.8 cm³/mol. The van der Waals surface area contributed by atoms with Gasteiger partial charge in [-0.1, -0.05) is 35.9 Å². The van der Waals surface area contributed by atoms with E-state index in [1.807, 2.05) is 6.07 Å². The summed E-state index contributed by atoms with van der Waals surface area (Å²) >= 11 is 6.00. The van der Waals surface area contributed by atoms with Crippen molar-refractivity contribution in [3.05, 3.63) is 69.5 Å². The van der Waals surface area contributed by atoms with Gasteiger partial charge >= 0.3 is 0 Å². The molecule has 1 unspecified atom stereocenters. The summed E-state index contributed by atoms with van der Waals surface area (Å²) in [5.41, 5.74) is 9.90. The second-order valence-electron chi connectivity index (χ2n) is 5.45. The minimum Gasteiger partial charge on any atom is -0.376 e. The molecule has 2 nitrogen and oxygen atoms in total. The van der Waals surface area contributed by atoms with Crippen LogP contribution in [0, 0.1) is 19.7 Å². The summed E-state index contributed by atoms with van der Waals surface area (Å²) < 4.78 is 19.4. The first-order chi connectivity index (χ1) is 10.5. The van der Waals surface area contributed by atoms with E-state index in [0.29, 0.717) is 23.7 Å². The number of aryl methyl sites for hydroxylation is 2. The molecule has 2 N–H and O–H groups in total. The van der Waals surface area contributed by atoms with E-state index >= 15 is 0 Å². The second-order valence-corrected chi connectivity index (χ2v) is 5.86. The molecule has 2 rings (SSSR count). The molecule has 0 heterocycles. The summed E-state index contributed by atoms with van der Waals surface area (Å²) in [5, 5.41) is 0.386. The summed E-state index contributed by atoms with van der Waals surface area (Å²) in [6.07, 6.45) is 0. The molecule has 0 saturated carbocycles. The Bertz CT molecular complexity index is 604. The van der Waals surface area contributed by atoms with Gasteiger partial charge < -0.3 is 10.5 Å². The highest BCUT2D eigenvalue weighted by Crippen LogP contribution is 2.25. The van der Waals surface area contributed by atoms with E-state index in [9.17, 15) is 4.39 Å². The number of nitrogens with two attached hydrogens (primary N) is 1. The van der Waals surface area contributed by atoms with Crippen molar-refractivity contribution >= 4 is 11.6 Å². The van der Waals surface area contributed by atoms with E-state index in [-0.39, 0.29) is 18.3 Å². The number of hydrogen-bond donors (Lipinski definition) is 1. The van der Waals surface area contributed by atoms with Crippen molar-refractivity contribution in [1.82, 2.24) is 0 Å². The lowest BCUT2D eigenvalue weighted by Gasteiger charge is -2.20. The molecule has 22 heavy (non-hydrogen) atoms. The Morgan fingerprint density at radius 3 is 2.36 bits per heavy atom. The van der Waals surface area contributed by atoms with Crippen LogP contribution in [-0.2, 0) is 11.3 Å². The molecule has 1 atom stereocenters. The Hall–Kier alpha value is -1.42. The van der Waals surface area contributed by atoms with Crippen LogP contribution in [0.3, 0.4) is 0 Å². The number of ether oxygens (including phenoxy) is 1. The lowest BCUT2D eigenvalue weighted by atomic mass is 9.91. The fraction of sp³-hybridized carbons (Fsp3) is 0.333. The van der Waals surface area contributed by atoms with Gasteiger partial charge in [-0.2, -0.15) is 0 Å². The maximum Gasteiger partial charge on any atom is 0.130 e. The standard InChI is InChI=1S/C18H21ClFNO/c1-12-5-3-6-13(2)18(12)14(9-21)10-22-11-15-16(19)7-4-8-17(15)20/h3-8,14H,9-11,21H2,1-2H3. The van der Waals surface area contributed by atoms with Crippen LogP contribution >= 0.6 is 11.6 Å². The average Bonchev–Trinajstić information content (AvgIpc) is 2.48. The van der Waals surface area contributed by atoms with Gasteiger partial charge in [-0.15, -0.1) is 0 Å². The molecule has 0 spiro atoms. The smallest absolute Gasteiger partial charge is 0.130 e. The molecule has 0 fully saturated rings. The van der Waals surface area contributed by atoms with Gasteiger partial charge in [0, 0.05) is 23.0 Å². The van der Waals surface area contributed by atoms with Crippen LogP contribution in [0.15, 0.2) is 36.4 Å². The number of benzene rings is 2. The van der Waals surface area contributed by atoms with E-state index in [1.54, 1.807) is 12.1 Å². The van der Waals surface area contributed by atoms with E-state index < -0.39 is 0 Å². The predicted octanol–water partition coefficient (Wildman–Crippen LogP) is 4.36. The van der Waals surface area contributed by atoms with Crippen molar-refractivity contribution in [3.8, 4) is 0 Å². The van der Waals surface area contributed by atoms with Gasteiger partial charge in [-0.05, 0) is 42.7 Å². The van der Waals surface area contributed by atoms with E-state index in [4.69, 9.17) is 22.1 Å². The molecule has 0 radical (unpaired) electrons. The average molecular weight is 322 g/mol. The van der Waals surface area contributed by atoms with E-state index in [1.165, 1.54) is 22.8 Å². The molecule has 2 aromatic carbocycles. The summed E-state index contributed by atoms with van der Waals surface area (Å²) in [6, 6.07) is 10.8. The molecule has 0 aliphatic rings. The minimum atomic E-state index is -0.344. The molecule has 0 aromatic heterocycles. The highest BCUT2D eigenvalue weighted by molar-refractivity contribution is 6.31. The maximum atomic E-state index is 13.7. The molecule has 2 aromatic rings. The lowest BCUT2D eigenvalue weighted by molar-refractivity contribution is 0.106. The van der Waals surface area contributed by atoms with Crippen molar-refractivity contribution in [2.75, 3.05) is 13.2 Å². The van der Waals surface area contributed by atoms with E-state index in [2.05, 4.69) is 26.0 Å². The molecule has 0 bridgehead atoms. The fourth-order valence-electron chi connectivity index (χ4n) is 2.71. The Morgan fingerprint density at radius 2 is 1.77 bits per heavy atom. The highest BCUT2D eigenvalue weighted by atomic mass is 35.5. The van der Waals surface area contributed by atoms with Crippen LogP contribution in [-0.4, -0.2) is 13.2 Å². The fourth-order valence-corrected chi connectivity index (χ4v) is 2.93. The molecule has 0 aliphatic heterocycles. The summed E-state index contributed by atoms with van der Waals surface area (Å²) in [6.45, 7) is 5.20. The number of rotatable bonds is 6. The SMILES string of the molecule is Cc1cccc(C)c1C(CN)COCc1c(F)cccc1Cl. The van der Waals surface area contributed by atoms with Gasteiger partial charge in [0.25, 0.3) is 0 Å². The van der Waals surface area contributed by atoms with Gasteiger partial charge in [0.05, 0.1) is 13.2 Å². The molecule has 0 saturated heterocycles.